The number of nitrogens with zero attached hydrogens (tertiary/aromatic N) is 3. The number of carbonyl (C=O) groups excluding carboxylic acids is 1. The minimum atomic E-state index is -1.13. The first-order chi connectivity index (χ1) is 14.8. The number of carbonyl (C=O) groups is 1. The molecule has 2 aromatic rings. The molecule has 0 unspecified atom stereocenters. The lowest BCUT2D eigenvalue weighted by Crippen LogP contribution is -2.41. The Kier molecular flexibility index (Phi) is 6.72. The number of amides is 1. The predicted molar refractivity (Wildman–Crippen MR) is 128 cm³/mol. The summed E-state index contributed by atoms with van der Waals surface area (Å²) in [6.07, 6.45) is 1.98. The van der Waals surface area contributed by atoms with Crippen LogP contribution in [-0.2, 0) is 16.2 Å². The molecule has 0 saturated carbocycles. The summed E-state index contributed by atoms with van der Waals surface area (Å²) in [4.78, 5) is 14.2. The third-order valence-electron chi connectivity index (χ3n) is 5.66. The van der Waals surface area contributed by atoms with Gasteiger partial charge in [-0.15, -0.1) is 0 Å². The topological polar surface area (TPSA) is 56.6 Å². The van der Waals surface area contributed by atoms with Crippen molar-refractivity contribution in [2.45, 2.75) is 84.5 Å². The molecule has 7 heteroatoms. The summed E-state index contributed by atoms with van der Waals surface area (Å²) in [5.74, 6) is 0.380. The highest BCUT2D eigenvalue weighted by Gasteiger charge is 2.28. The number of aryl methyl sites for hydroxylation is 1. The molecule has 1 aliphatic heterocycles. The van der Waals surface area contributed by atoms with E-state index in [4.69, 9.17) is 10.8 Å². The summed E-state index contributed by atoms with van der Waals surface area (Å²) in [5, 5.41) is 5.52. The first kappa shape index (κ1) is 22.3. The van der Waals surface area contributed by atoms with Crippen LogP contribution in [0.15, 0.2) is 18.3 Å². The largest absolute Gasteiger partial charge is 0.444 e. The molecule has 1 amide bonds. The Morgan fingerprint density at radius 2 is 1.94 bits per heavy atom. The van der Waals surface area contributed by atoms with E-state index in [9.17, 15) is 4.79 Å². The zero-order valence-corrected chi connectivity index (χ0v) is 21.2. The van der Waals surface area contributed by atoms with Gasteiger partial charge < -0.3 is 14.4 Å². The molecule has 31 heavy (non-hydrogen) atoms. The molecule has 1 saturated heterocycles. The molecular formula is C24H39N3O3Si. The Hall–Kier alpha value is -1.86. The minimum Gasteiger partial charge on any atom is -0.444 e. The number of likely N-dealkylation sites (tertiary alicyclic amines) is 1. The van der Waals surface area contributed by atoms with Crippen LogP contribution in [0.1, 0.15) is 52.0 Å². The van der Waals surface area contributed by atoms with Gasteiger partial charge in [-0.1, -0.05) is 19.6 Å². The van der Waals surface area contributed by atoms with E-state index < -0.39 is 13.7 Å². The normalized spacial score (nSPS) is 16.6. The second kappa shape index (κ2) is 9.33. The van der Waals surface area contributed by atoms with Crippen LogP contribution in [-0.4, -0.2) is 54.1 Å². The van der Waals surface area contributed by atoms with Gasteiger partial charge in [0.1, 0.15) is 12.3 Å². The van der Waals surface area contributed by atoms with Gasteiger partial charge in [0.2, 0.25) is 0 Å². The molecular weight excluding hydrogens is 406 g/mol. The van der Waals surface area contributed by atoms with Crippen LogP contribution >= 0.6 is 0 Å². The molecule has 0 atom stereocenters. The number of rotatable bonds is 6. The molecule has 172 valence electrons. The first-order valence-electron chi connectivity index (χ1n) is 11.9. The van der Waals surface area contributed by atoms with E-state index in [1.807, 2.05) is 25.7 Å². The van der Waals surface area contributed by atoms with Gasteiger partial charge in [-0.3, -0.25) is 0 Å². The van der Waals surface area contributed by atoms with E-state index in [1.165, 1.54) is 11.1 Å². The number of piperidine rings is 1. The molecule has 1 fully saturated rings. The molecule has 1 aliphatic rings. The van der Waals surface area contributed by atoms with Crippen LogP contribution in [0.3, 0.4) is 0 Å². The SMILES string of the molecule is [2H]c1c2cc(C)c(C3CCN(C(=O)OC(C)(C)C)CC3)cc2nn1COCC[Si](C)(C)C. The van der Waals surface area contributed by atoms with Crippen molar-refractivity contribution in [3.8, 4) is 0 Å². The maximum atomic E-state index is 12.4. The smallest absolute Gasteiger partial charge is 0.410 e. The van der Waals surface area contributed by atoms with Crippen LogP contribution in [0.25, 0.3) is 10.9 Å². The molecule has 6 nitrogen and oxygen atoms in total. The van der Waals surface area contributed by atoms with Gasteiger partial charge >= 0.3 is 6.09 Å². The van der Waals surface area contributed by atoms with Gasteiger partial charge in [-0.05, 0) is 75.8 Å². The highest BCUT2D eigenvalue weighted by atomic mass is 28.3. The summed E-state index contributed by atoms with van der Waals surface area (Å²) in [7, 11) is -1.13. The summed E-state index contributed by atoms with van der Waals surface area (Å²) in [5.41, 5.74) is 2.83. The van der Waals surface area contributed by atoms with Gasteiger partial charge in [0, 0.05) is 39.3 Å². The fourth-order valence-electron chi connectivity index (χ4n) is 3.91. The number of fused-ring (bicyclic) bond motifs is 1. The van der Waals surface area contributed by atoms with Crippen molar-refractivity contribution in [2.75, 3.05) is 19.7 Å². The van der Waals surface area contributed by atoms with Crippen molar-refractivity contribution in [1.29, 1.82) is 0 Å². The number of benzene rings is 1. The predicted octanol–water partition coefficient (Wildman–Crippen LogP) is 5.77. The average Bonchev–Trinajstić information content (AvgIpc) is 2.98. The third-order valence-corrected chi connectivity index (χ3v) is 7.36. The van der Waals surface area contributed by atoms with Gasteiger partial charge in [0.25, 0.3) is 0 Å². The van der Waals surface area contributed by atoms with E-state index in [2.05, 4.69) is 43.8 Å². The van der Waals surface area contributed by atoms with Gasteiger partial charge in [-0.25, -0.2) is 9.48 Å². The number of hydrogen-bond acceptors (Lipinski definition) is 4. The Labute approximate surface area is 189 Å². The van der Waals surface area contributed by atoms with Crippen LogP contribution in [0.5, 0.6) is 0 Å². The van der Waals surface area contributed by atoms with Gasteiger partial charge in [-0.2, -0.15) is 5.10 Å². The third kappa shape index (κ3) is 6.81. The summed E-state index contributed by atoms with van der Waals surface area (Å²) in [6, 6.07) is 5.32. The Bertz CT molecular complexity index is 954. The maximum Gasteiger partial charge on any atom is 0.410 e. The molecule has 1 aromatic carbocycles. The zero-order chi connectivity index (χ0) is 23.7. The second-order valence-corrected chi connectivity index (χ2v) is 16.5. The molecule has 0 N–H and O–H groups in total. The number of hydrogen-bond donors (Lipinski definition) is 0. The Morgan fingerprint density at radius 3 is 2.55 bits per heavy atom. The molecule has 0 radical (unpaired) electrons. The van der Waals surface area contributed by atoms with Crippen molar-refractivity contribution in [3.63, 3.8) is 0 Å². The van der Waals surface area contributed by atoms with E-state index in [1.54, 1.807) is 4.68 Å². The van der Waals surface area contributed by atoms with Gasteiger partial charge in [0.05, 0.1) is 6.89 Å². The molecule has 2 heterocycles. The number of ether oxygens (including phenoxy) is 2. The molecule has 0 bridgehead atoms. The highest BCUT2D eigenvalue weighted by molar-refractivity contribution is 6.76. The van der Waals surface area contributed by atoms with Crippen LogP contribution in [0.2, 0.25) is 25.7 Å². The fourth-order valence-corrected chi connectivity index (χ4v) is 4.67. The first-order valence-corrected chi connectivity index (χ1v) is 15.1. The summed E-state index contributed by atoms with van der Waals surface area (Å²) in [6.45, 7) is 17.2. The van der Waals surface area contributed by atoms with Crippen molar-refractivity contribution in [1.82, 2.24) is 14.7 Å². The van der Waals surface area contributed by atoms with E-state index in [-0.39, 0.29) is 6.09 Å². The van der Waals surface area contributed by atoms with Crippen LogP contribution in [0, 0.1) is 6.92 Å². The lowest BCUT2D eigenvalue weighted by atomic mass is 9.86. The van der Waals surface area contributed by atoms with Crippen LogP contribution < -0.4 is 0 Å². The summed E-state index contributed by atoms with van der Waals surface area (Å²) < 4.78 is 21.5. The van der Waals surface area contributed by atoms with E-state index in [0.29, 0.717) is 38.5 Å². The molecule has 0 spiro atoms. The maximum absolute atomic E-state index is 12.4. The molecule has 0 aliphatic carbocycles. The quantitative estimate of drug-likeness (QED) is 0.417. The highest BCUT2D eigenvalue weighted by Crippen LogP contribution is 2.33. The van der Waals surface area contributed by atoms with E-state index in [0.717, 1.165) is 29.8 Å². The average molecular weight is 447 g/mol. The second-order valence-electron chi connectivity index (χ2n) is 10.9. The Morgan fingerprint density at radius 1 is 1.26 bits per heavy atom. The summed E-state index contributed by atoms with van der Waals surface area (Å²) >= 11 is 0. The van der Waals surface area contributed by atoms with Crippen molar-refractivity contribution in [3.05, 3.63) is 29.4 Å². The number of aromatic nitrogens is 2. The van der Waals surface area contributed by atoms with Crippen LogP contribution in [0.4, 0.5) is 4.79 Å². The van der Waals surface area contributed by atoms with Crippen molar-refractivity contribution in [2.24, 2.45) is 0 Å². The molecule has 3 rings (SSSR count). The fraction of sp³-hybridized carbons (Fsp3) is 0.667. The van der Waals surface area contributed by atoms with Crippen molar-refractivity contribution >= 4 is 25.1 Å². The minimum absolute atomic E-state index is 0.227. The monoisotopic (exact) mass is 446 g/mol. The zero-order valence-electron chi connectivity index (χ0n) is 21.2. The van der Waals surface area contributed by atoms with E-state index >= 15 is 0 Å². The Balaban J connectivity index is 1.67. The standard InChI is InChI=1S/C24H39N3O3Si/c1-18-14-20-16-27(17-29-12-13-31(5,6)7)25-22(20)15-21(18)19-8-10-26(11-9-19)23(28)30-24(2,3)4/h14-16,19H,8-13,17H2,1-7H3/i16D. The lowest BCUT2D eigenvalue weighted by Gasteiger charge is -2.34. The van der Waals surface area contributed by atoms with Gasteiger partial charge in [0.15, 0.2) is 0 Å². The van der Waals surface area contributed by atoms with Crippen molar-refractivity contribution < 1.29 is 15.6 Å². The lowest BCUT2D eigenvalue weighted by molar-refractivity contribution is 0.0205. The molecule has 1 aromatic heterocycles.